The van der Waals surface area contributed by atoms with Crippen LogP contribution in [-0.4, -0.2) is 43.0 Å². The molecule has 1 aromatic rings. The lowest BCUT2D eigenvalue weighted by Gasteiger charge is -2.11. The Hall–Kier alpha value is -2.08. The average molecular weight is 268 g/mol. The third-order valence-corrected chi connectivity index (χ3v) is 2.64. The predicted octanol–water partition coefficient (Wildman–Crippen LogP) is 0.890. The third kappa shape index (κ3) is 3.45. The number of carbonyl (C=O) groups is 2. The van der Waals surface area contributed by atoms with E-state index < -0.39 is 11.9 Å². The van der Waals surface area contributed by atoms with E-state index in [2.05, 4.69) is 9.47 Å². The lowest BCUT2D eigenvalue weighted by molar-refractivity contribution is 0.0597. The van der Waals surface area contributed by atoms with Crippen molar-refractivity contribution in [1.29, 1.82) is 0 Å². The minimum Gasteiger partial charge on any atom is -0.508 e. The van der Waals surface area contributed by atoms with Crippen molar-refractivity contribution < 1.29 is 29.3 Å². The Labute approximate surface area is 110 Å². The zero-order chi connectivity index (χ0) is 14.4. The number of carbonyl (C=O) groups excluding carboxylic acids is 2. The Kier molecular flexibility index (Phi) is 5.32. The summed E-state index contributed by atoms with van der Waals surface area (Å²) >= 11 is 0. The van der Waals surface area contributed by atoms with Gasteiger partial charge in [0.05, 0.1) is 25.3 Å². The van der Waals surface area contributed by atoms with Crippen molar-refractivity contribution in [3.05, 3.63) is 28.8 Å². The number of hydrogen-bond acceptors (Lipinski definition) is 6. The molecule has 6 heteroatoms. The van der Waals surface area contributed by atoms with Crippen molar-refractivity contribution in [2.24, 2.45) is 0 Å². The van der Waals surface area contributed by atoms with Gasteiger partial charge in [0.15, 0.2) is 0 Å². The van der Waals surface area contributed by atoms with Gasteiger partial charge in [0.1, 0.15) is 5.75 Å². The summed E-state index contributed by atoms with van der Waals surface area (Å²) in [6.07, 6.45) is 0.684. The summed E-state index contributed by atoms with van der Waals surface area (Å²) in [6, 6.07) is 2.54. The van der Waals surface area contributed by atoms with Crippen LogP contribution in [0.2, 0.25) is 0 Å². The lowest BCUT2D eigenvalue weighted by Crippen LogP contribution is -2.10. The molecule has 1 rings (SSSR count). The van der Waals surface area contributed by atoms with Crippen LogP contribution in [0.15, 0.2) is 12.1 Å². The molecule has 0 bridgehead atoms. The fourth-order valence-electron chi connectivity index (χ4n) is 1.70. The van der Waals surface area contributed by atoms with Crippen molar-refractivity contribution >= 4 is 11.9 Å². The van der Waals surface area contributed by atoms with Crippen molar-refractivity contribution in [3.8, 4) is 5.75 Å². The van der Waals surface area contributed by atoms with Crippen LogP contribution in [0.3, 0.4) is 0 Å². The van der Waals surface area contributed by atoms with Gasteiger partial charge >= 0.3 is 11.9 Å². The summed E-state index contributed by atoms with van der Waals surface area (Å²) in [6.45, 7) is -0.0706. The average Bonchev–Trinajstić information content (AvgIpc) is 2.43. The number of benzene rings is 1. The lowest BCUT2D eigenvalue weighted by atomic mass is 9.98. The first-order chi connectivity index (χ1) is 9.04. The van der Waals surface area contributed by atoms with Crippen LogP contribution >= 0.6 is 0 Å². The molecule has 0 aliphatic carbocycles. The molecule has 104 valence electrons. The number of aliphatic hydroxyl groups excluding tert-OH is 1. The van der Waals surface area contributed by atoms with Gasteiger partial charge in [-0.2, -0.15) is 0 Å². The van der Waals surface area contributed by atoms with E-state index in [1.807, 2.05) is 0 Å². The molecule has 0 aliphatic heterocycles. The number of methoxy groups -OCH3 is 2. The molecular weight excluding hydrogens is 252 g/mol. The summed E-state index contributed by atoms with van der Waals surface area (Å²) in [5, 5.41) is 18.7. The normalized spacial score (nSPS) is 10.1. The van der Waals surface area contributed by atoms with E-state index in [1.54, 1.807) is 0 Å². The molecule has 0 radical (unpaired) electrons. The van der Waals surface area contributed by atoms with Crippen LogP contribution in [-0.2, 0) is 15.9 Å². The van der Waals surface area contributed by atoms with Crippen LogP contribution in [0.5, 0.6) is 5.75 Å². The molecule has 1 aromatic carbocycles. The molecule has 0 aromatic heterocycles. The number of rotatable bonds is 5. The summed E-state index contributed by atoms with van der Waals surface area (Å²) in [5.74, 6) is -1.51. The molecule has 0 fully saturated rings. The third-order valence-electron chi connectivity index (χ3n) is 2.64. The molecular formula is C13H16O6. The number of aliphatic hydroxyl groups is 1. The minimum atomic E-state index is -0.658. The van der Waals surface area contributed by atoms with Gasteiger partial charge in [-0.25, -0.2) is 9.59 Å². The summed E-state index contributed by atoms with van der Waals surface area (Å²) < 4.78 is 9.15. The van der Waals surface area contributed by atoms with E-state index in [1.165, 1.54) is 26.4 Å². The first-order valence-electron chi connectivity index (χ1n) is 5.68. The van der Waals surface area contributed by atoms with E-state index in [0.29, 0.717) is 18.4 Å². The Morgan fingerprint density at radius 1 is 1.16 bits per heavy atom. The van der Waals surface area contributed by atoms with Crippen molar-refractivity contribution in [1.82, 2.24) is 0 Å². The molecule has 19 heavy (non-hydrogen) atoms. The van der Waals surface area contributed by atoms with Crippen LogP contribution < -0.4 is 0 Å². The second-order valence-electron chi connectivity index (χ2n) is 3.83. The smallest absolute Gasteiger partial charge is 0.338 e. The maximum absolute atomic E-state index is 11.7. The highest BCUT2D eigenvalue weighted by Gasteiger charge is 2.19. The first kappa shape index (κ1) is 15.0. The number of ether oxygens (including phenoxy) is 2. The molecule has 0 saturated heterocycles. The van der Waals surface area contributed by atoms with E-state index in [-0.39, 0.29) is 23.5 Å². The topological polar surface area (TPSA) is 93.1 Å². The van der Waals surface area contributed by atoms with Crippen molar-refractivity contribution in [2.45, 2.75) is 12.8 Å². The molecule has 0 saturated carbocycles. The number of phenols is 1. The summed E-state index contributed by atoms with van der Waals surface area (Å²) in [5.41, 5.74) is 0.498. The molecule has 0 amide bonds. The van der Waals surface area contributed by atoms with Crippen molar-refractivity contribution in [2.75, 3.05) is 20.8 Å². The molecule has 0 heterocycles. The zero-order valence-corrected chi connectivity index (χ0v) is 10.8. The second kappa shape index (κ2) is 6.75. The van der Waals surface area contributed by atoms with Gasteiger partial charge in [-0.05, 0) is 25.0 Å². The molecule has 0 atom stereocenters. The highest BCUT2D eigenvalue weighted by molar-refractivity contribution is 5.97. The van der Waals surface area contributed by atoms with Crippen molar-refractivity contribution in [3.63, 3.8) is 0 Å². The van der Waals surface area contributed by atoms with E-state index in [0.717, 1.165) is 0 Å². The highest BCUT2D eigenvalue weighted by atomic mass is 16.5. The van der Waals surface area contributed by atoms with Gasteiger partial charge in [0, 0.05) is 12.2 Å². The molecule has 0 unspecified atom stereocenters. The fraction of sp³-hybridized carbons (Fsp3) is 0.385. The quantitative estimate of drug-likeness (QED) is 0.770. The monoisotopic (exact) mass is 268 g/mol. The van der Waals surface area contributed by atoms with Crippen LogP contribution in [0.25, 0.3) is 0 Å². The van der Waals surface area contributed by atoms with Crippen LogP contribution in [0.1, 0.15) is 32.7 Å². The Morgan fingerprint density at radius 3 is 2.32 bits per heavy atom. The van der Waals surface area contributed by atoms with Gasteiger partial charge in [-0.15, -0.1) is 0 Å². The molecule has 6 nitrogen and oxygen atoms in total. The summed E-state index contributed by atoms with van der Waals surface area (Å²) in [4.78, 5) is 23.1. The Morgan fingerprint density at radius 2 is 1.79 bits per heavy atom. The molecule has 2 N–H and O–H groups in total. The standard InChI is InChI=1S/C13H16O6/c1-18-12(16)8-6-10(13(17)19-2)9(4-3-5-14)11(15)7-8/h6-7,14-15H,3-5H2,1-2H3. The van der Waals surface area contributed by atoms with Gasteiger partial charge in [0.25, 0.3) is 0 Å². The first-order valence-corrected chi connectivity index (χ1v) is 5.68. The predicted molar refractivity (Wildman–Crippen MR) is 66.2 cm³/mol. The minimum absolute atomic E-state index is 0.0631. The summed E-state index contributed by atoms with van der Waals surface area (Å²) in [7, 11) is 2.41. The maximum atomic E-state index is 11.7. The number of aromatic hydroxyl groups is 1. The van der Waals surface area contributed by atoms with Gasteiger partial charge in [-0.1, -0.05) is 0 Å². The van der Waals surface area contributed by atoms with E-state index >= 15 is 0 Å². The van der Waals surface area contributed by atoms with Gasteiger partial charge < -0.3 is 19.7 Å². The van der Waals surface area contributed by atoms with Gasteiger partial charge in [0.2, 0.25) is 0 Å². The highest BCUT2D eigenvalue weighted by Crippen LogP contribution is 2.26. The molecule has 0 aliphatic rings. The van der Waals surface area contributed by atoms with Gasteiger partial charge in [-0.3, -0.25) is 0 Å². The maximum Gasteiger partial charge on any atom is 0.338 e. The molecule has 0 spiro atoms. The van der Waals surface area contributed by atoms with Crippen LogP contribution in [0.4, 0.5) is 0 Å². The fourth-order valence-corrected chi connectivity index (χ4v) is 1.70. The van der Waals surface area contributed by atoms with Crippen LogP contribution in [0, 0.1) is 0 Å². The SMILES string of the molecule is COC(=O)c1cc(O)c(CCCO)c(C(=O)OC)c1. The van der Waals surface area contributed by atoms with E-state index in [4.69, 9.17) is 5.11 Å². The number of esters is 2. The second-order valence-corrected chi connectivity index (χ2v) is 3.83. The Bertz CT molecular complexity index is 480. The van der Waals surface area contributed by atoms with E-state index in [9.17, 15) is 14.7 Å². The number of hydrogen-bond donors (Lipinski definition) is 2. The largest absolute Gasteiger partial charge is 0.508 e. The number of phenolic OH excluding ortho intramolecular Hbond substituents is 1. The Balaban J connectivity index is 3.29. The zero-order valence-electron chi connectivity index (χ0n) is 10.8.